The first-order valence-electron chi connectivity index (χ1n) is 6.85. The van der Waals surface area contributed by atoms with E-state index in [-0.39, 0.29) is 0 Å². The second-order valence-electron chi connectivity index (χ2n) is 4.56. The van der Waals surface area contributed by atoms with Gasteiger partial charge in [0.05, 0.1) is 0 Å². The highest BCUT2D eigenvalue weighted by Gasteiger charge is 2.02. The first kappa shape index (κ1) is 14.2. The van der Waals surface area contributed by atoms with E-state index in [1.165, 1.54) is 22.4 Å². The molecule has 0 spiro atoms. The summed E-state index contributed by atoms with van der Waals surface area (Å²) >= 11 is 1.92. The Morgan fingerprint density at radius 2 is 1.68 bits per heavy atom. The second-order valence-corrected chi connectivity index (χ2v) is 5.58. The molecule has 0 aliphatic heterocycles. The molecule has 0 unspecified atom stereocenters. The number of rotatable bonds is 7. The van der Waals surface area contributed by atoms with Crippen molar-refractivity contribution in [1.82, 2.24) is 5.32 Å². The molecule has 0 radical (unpaired) electrons. The van der Waals surface area contributed by atoms with Gasteiger partial charge < -0.3 is 5.32 Å². The molecule has 2 heteroatoms. The lowest BCUT2D eigenvalue weighted by atomic mass is 10.2. The van der Waals surface area contributed by atoms with Gasteiger partial charge in [0.15, 0.2) is 0 Å². The van der Waals surface area contributed by atoms with E-state index in [1.807, 2.05) is 11.8 Å². The Bertz CT molecular complexity index is 482. The molecule has 0 bridgehead atoms. The molecule has 100 valence electrons. The zero-order valence-electron chi connectivity index (χ0n) is 11.4. The van der Waals surface area contributed by atoms with Gasteiger partial charge in [0.2, 0.25) is 0 Å². The lowest BCUT2D eigenvalue weighted by Crippen LogP contribution is -2.14. The molecule has 2 aromatic rings. The molecule has 1 N–H and O–H groups in total. The molecule has 1 nitrogen and oxygen atoms in total. The monoisotopic (exact) mass is 271 g/mol. The standard InChI is InChI=1S/C17H21NS/c1-2-12-18-13-16-10-6-7-11-17(16)19-14-15-8-4-3-5-9-15/h3-11,18H,2,12-14H2,1H3. The van der Waals surface area contributed by atoms with Crippen LogP contribution in [0.25, 0.3) is 0 Å². The predicted molar refractivity (Wildman–Crippen MR) is 84.4 cm³/mol. The Labute approximate surface area is 120 Å². The van der Waals surface area contributed by atoms with Gasteiger partial charge in [-0.1, -0.05) is 55.5 Å². The van der Waals surface area contributed by atoms with Gasteiger partial charge in [-0.15, -0.1) is 11.8 Å². The summed E-state index contributed by atoms with van der Waals surface area (Å²) in [5.41, 5.74) is 2.78. The van der Waals surface area contributed by atoms with Gasteiger partial charge in [0, 0.05) is 17.2 Å². The van der Waals surface area contributed by atoms with E-state index >= 15 is 0 Å². The van der Waals surface area contributed by atoms with E-state index in [2.05, 4.69) is 66.8 Å². The van der Waals surface area contributed by atoms with Crippen molar-refractivity contribution in [3.63, 3.8) is 0 Å². The molecule has 0 amide bonds. The zero-order chi connectivity index (χ0) is 13.3. The molecule has 0 aromatic heterocycles. The van der Waals surface area contributed by atoms with Gasteiger partial charge >= 0.3 is 0 Å². The summed E-state index contributed by atoms with van der Waals surface area (Å²) in [4.78, 5) is 1.38. The average Bonchev–Trinajstić information content (AvgIpc) is 2.48. The van der Waals surface area contributed by atoms with Crippen LogP contribution < -0.4 is 5.32 Å². The van der Waals surface area contributed by atoms with Crippen LogP contribution in [0.3, 0.4) is 0 Å². The van der Waals surface area contributed by atoms with Crippen molar-refractivity contribution in [3.8, 4) is 0 Å². The van der Waals surface area contributed by atoms with E-state index in [4.69, 9.17) is 0 Å². The van der Waals surface area contributed by atoms with Crippen molar-refractivity contribution in [2.45, 2.75) is 30.5 Å². The van der Waals surface area contributed by atoms with Crippen LogP contribution in [0.5, 0.6) is 0 Å². The third-order valence-corrected chi connectivity index (χ3v) is 4.14. The molecular weight excluding hydrogens is 250 g/mol. The molecule has 0 fully saturated rings. The lowest BCUT2D eigenvalue weighted by molar-refractivity contribution is 0.669. The van der Waals surface area contributed by atoms with Crippen molar-refractivity contribution >= 4 is 11.8 Å². The smallest absolute Gasteiger partial charge is 0.0232 e. The van der Waals surface area contributed by atoms with Crippen molar-refractivity contribution < 1.29 is 0 Å². The molecule has 2 aromatic carbocycles. The maximum atomic E-state index is 3.48. The number of nitrogens with one attached hydrogen (secondary N) is 1. The van der Waals surface area contributed by atoms with Crippen LogP contribution in [0.1, 0.15) is 24.5 Å². The van der Waals surface area contributed by atoms with Crippen LogP contribution >= 0.6 is 11.8 Å². The van der Waals surface area contributed by atoms with E-state index in [9.17, 15) is 0 Å². The summed E-state index contributed by atoms with van der Waals surface area (Å²) in [6, 6.07) is 19.3. The van der Waals surface area contributed by atoms with Crippen molar-refractivity contribution in [2.24, 2.45) is 0 Å². The highest BCUT2D eigenvalue weighted by molar-refractivity contribution is 7.98. The number of hydrogen-bond acceptors (Lipinski definition) is 2. The third-order valence-electron chi connectivity index (χ3n) is 2.95. The van der Waals surface area contributed by atoms with Crippen LogP contribution in [0.4, 0.5) is 0 Å². The van der Waals surface area contributed by atoms with E-state index in [0.717, 1.165) is 18.8 Å². The van der Waals surface area contributed by atoms with Crippen LogP contribution in [-0.4, -0.2) is 6.54 Å². The first-order chi connectivity index (χ1) is 9.40. The highest BCUT2D eigenvalue weighted by atomic mass is 32.2. The highest BCUT2D eigenvalue weighted by Crippen LogP contribution is 2.26. The minimum absolute atomic E-state index is 0.964. The van der Waals surface area contributed by atoms with Crippen molar-refractivity contribution in [1.29, 1.82) is 0 Å². The maximum absolute atomic E-state index is 3.48. The van der Waals surface area contributed by atoms with Gasteiger partial charge in [-0.05, 0) is 30.2 Å². The minimum Gasteiger partial charge on any atom is -0.313 e. The number of benzene rings is 2. The summed E-state index contributed by atoms with van der Waals surface area (Å²) in [5, 5.41) is 3.48. The number of hydrogen-bond donors (Lipinski definition) is 1. The lowest BCUT2D eigenvalue weighted by Gasteiger charge is -2.10. The Morgan fingerprint density at radius 1 is 0.947 bits per heavy atom. The van der Waals surface area contributed by atoms with E-state index in [0.29, 0.717) is 0 Å². The summed E-state index contributed by atoms with van der Waals surface area (Å²) in [5.74, 6) is 1.03. The zero-order valence-corrected chi connectivity index (χ0v) is 12.2. The molecule has 0 aliphatic rings. The van der Waals surface area contributed by atoms with Crippen LogP contribution in [0.2, 0.25) is 0 Å². The number of thioether (sulfide) groups is 1. The fourth-order valence-electron chi connectivity index (χ4n) is 1.93. The fourth-order valence-corrected chi connectivity index (χ4v) is 2.94. The Morgan fingerprint density at radius 3 is 2.47 bits per heavy atom. The molecule has 0 atom stereocenters. The molecular formula is C17H21NS. The van der Waals surface area contributed by atoms with Crippen LogP contribution in [0.15, 0.2) is 59.5 Å². The van der Waals surface area contributed by atoms with Crippen LogP contribution in [0, 0.1) is 0 Å². The summed E-state index contributed by atoms with van der Waals surface area (Å²) in [6.07, 6.45) is 1.18. The van der Waals surface area contributed by atoms with Gasteiger partial charge in [0.1, 0.15) is 0 Å². The fraction of sp³-hybridized carbons (Fsp3) is 0.294. The summed E-state index contributed by atoms with van der Waals surface area (Å²) in [7, 11) is 0. The molecule has 0 aliphatic carbocycles. The van der Waals surface area contributed by atoms with Crippen molar-refractivity contribution in [3.05, 3.63) is 65.7 Å². The Kier molecular flexibility index (Phi) is 5.99. The van der Waals surface area contributed by atoms with Crippen LogP contribution in [-0.2, 0) is 12.3 Å². The molecule has 2 rings (SSSR count). The summed E-state index contributed by atoms with van der Waals surface area (Å²) in [6.45, 7) is 4.24. The second kappa shape index (κ2) is 8.03. The van der Waals surface area contributed by atoms with Gasteiger partial charge in [-0.2, -0.15) is 0 Å². The third kappa shape index (κ3) is 4.73. The average molecular weight is 271 g/mol. The first-order valence-corrected chi connectivity index (χ1v) is 7.84. The quantitative estimate of drug-likeness (QED) is 0.588. The van der Waals surface area contributed by atoms with E-state index in [1.54, 1.807) is 0 Å². The van der Waals surface area contributed by atoms with Gasteiger partial charge in [0.25, 0.3) is 0 Å². The molecule has 0 saturated heterocycles. The van der Waals surface area contributed by atoms with Crippen molar-refractivity contribution in [2.75, 3.05) is 6.54 Å². The molecule has 19 heavy (non-hydrogen) atoms. The topological polar surface area (TPSA) is 12.0 Å². The molecule has 0 saturated carbocycles. The summed E-state index contributed by atoms with van der Waals surface area (Å²) < 4.78 is 0. The Balaban J connectivity index is 1.95. The SMILES string of the molecule is CCCNCc1ccccc1SCc1ccccc1. The van der Waals surface area contributed by atoms with Gasteiger partial charge in [-0.3, -0.25) is 0 Å². The molecule has 0 heterocycles. The normalized spacial score (nSPS) is 10.6. The van der Waals surface area contributed by atoms with E-state index < -0.39 is 0 Å². The largest absolute Gasteiger partial charge is 0.313 e. The predicted octanol–water partition coefficient (Wildman–Crippen LogP) is 4.48. The Hall–Kier alpha value is -1.25. The minimum atomic E-state index is 0.964. The maximum Gasteiger partial charge on any atom is 0.0232 e. The van der Waals surface area contributed by atoms with Gasteiger partial charge in [-0.25, -0.2) is 0 Å².